The molecule has 0 aliphatic rings. The minimum atomic E-state index is 0.327. The maximum absolute atomic E-state index is 5.84. The minimum absolute atomic E-state index is 0.327. The van der Waals surface area contributed by atoms with Crippen molar-refractivity contribution in [2.24, 2.45) is 0 Å². The third kappa shape index (κ3) is 2.48. The molecule has 0 saturated heterocycles. The number of ether oxygens (including phenoxy) is 1. The summed E-state index contributed by atoms with van der Waals surface area (Å²) >= 11 is 5.84. The van der Waals surface area contributed by atoms with Crippen molar-refractivity contribution in [3.8, 4) is 5.75 Å². The van der Waals surface area contributed by atoms with Crippen LogP contribution in [0.1, 0.15) is 20.3 Å². The van der Waals surface area contributed by atoms with Crippen LogP contribution in [0.2, 0.25) is 5.15 Å². The maximum Gasteiger partial charge on any atom is 0.198 e. The second-order valence-electron chi connectivity index (χ2n) is 3.00. The van der Waals surface area contributed by atoms with Gasteiger partial charge in [0.25, 0.3) is 0 Å². The quantitative estimate of drug-likeness (QED) is 0.784. The van der Waals surface area contributed by atoms with Crippen LogP contribution in [-0.4, -0.2) is 23.1 Å². The van der Waals surface area contributed by atoms with Gasteiger partial charge >= 0.3 is 0 Å². The molecule has 0 aliphatic heterocycles. The zero-order valence-corrected chi connectivity index (χ0v) is 9.30. The van der Waals surface area contributed by atoms with Crippen molar-refractivity contribution in [2.75, 3.05) is 12.4 Å². The van der Waals surface area contributed by atoms with Crippen LogP contribution in [-0.2, 0) is 0 Å². The zero-order valence-electron chi connectivity index (χ0n) is 8.54. The van der Waals surface area contributed by atoms with Gasteiger partial charge < -0.3 is 10.1 Å². The molecule has 0 saturated carbocycles. The monoisotopic (exact) mass is 215 g/mol. The van der Waals surface area contributed by atoms with E-state index < -0.39 is 0 Å². The number of halogens is 1. The molecule has 1 heterocycles. The fraction of sp³-hybridized carbons (Fsp3) is 0.556. The summed E-state index contributed by atoms with van der Waals surface area (Å²) in [5, 5.41) is 3.52. The summed E-state index contributed by atoms with van der Waals surface area (Å²) in [5.41, 5.74) is 0. The second kappa shape index (κ2) is 5.00. The van der Waals surface area contributed by atoms with Crippen LogP contribution >= 0.6 is 11.6 Å². The zero-order chi connectivity index (χ0) is 10.6. The molecule has 1 unspecified atom stereocenters. The summed E-state index contributed by atoms with van der Waals surface area (Å²) in [4.78, 5) is 7.90. The number of hydrogen-bond acceptors (Lipinski definition) is 4. The molecule has 78 valence electrons. The highest BCUT2D eigenvalue weighted by Gasteiger charge is 2.11. The predicted octanol–water partition coefficient (Wildman–Crippen LogP) is 2.35. The molecular weight excluding hydrogens is 202 g/mol. The van der Waals surface area contributed by atoms with Gasteiger partial charge in [-0.15, -0.1) is 0 Å². The predicted molar refractivity (Wildman–Crippen MR) is 57.0 cm³/mol. The van der Waals surface area contributed by atoms with Crippen molar-refractivity contribution in [3.63, 3.8) is 0 Å². The number of anilines is 1. The van der Waals surface area contributed by atoms with E-state index >= 15 is 0 Å². The molecule has 1 rings (SSSR count). The van der Waals surface area contributed by atoms with E-state index in [2.05, 4.69) is 29.1 Å². The Labute approximate surface area is 88.7 Å². The van der Waals surface area contributed by atoms with E-state index in [1.54, 1.807) is 7.11 Å². The Morgan fingerprint density at radius 2 is 2.29 bits per heavy atom. The molecule has 0 bridgehead atoms. The molecule has 0 radical (unpaired) electrons. The van der Waals surface area contributed by atoms with Crippen molar-refractivity contribution < 1.29 is 4.74 Å². The summed E-state index contributed by atoms with van der Waals surface area (Å²) in [7, 11) is 1.55. The van der Waals surface area contributed by atoms with E-state index in [1.165, 1.54) is 6.33 Å². The Bertz CT molecular complexity index is 306. The summed E-state index contributed by atoms with van der Waals surface area (Å²) in [6.07, 6.45) is 2.42. The first kappa shape index (κ1) is 11.0. The number of methoxy groups -OCH3 is 1. The lowest BCUT2D eigenvalue weighted by molar-refractivity contribution is 0.412. The topological polar surface area (TPSA) is 47.0 Å². The molecular formula is C9H14ClN3O. The van der Waals surface area contributed by atoms with Crippen LogP contribution < -0.4 is 10.1 Å². The van der Waals surface area contributed by atoms with E-state index in [9.17, 15) is 0 Å². The highest BCUT2D eigenvalue weighted by atomic mass is 35.5. The smallest absolute Gasteiger partial charge is 0.198 e. The standard InChI is InChI=1S/C9H14ClN3O/c1-4-6(2)13-9-7(14-3)8(10)11-5-12-9/h5-6H,4H2,1-3H3,(H,11,12,13). The first-order valence-corrected chi connectivity index (χ1v) is 4.87. The fourth-order valence-electron chi connectivity index (χ4n) is 0.971. The third-order valence-electron chi connectivity index (χ3n) is 1.96. The van der Waals surface area contributed by atoms with Gasteiger partial charge in [0.05, 0.1) is 7.11 Å². The Kier molecular flexibility index (Phi) is 3.95. The number of rotatable bonds is 4. The van der Waals surface area contributed by atoms with Crippen molar-refractivity contribution in [3.05, 3.63) is 11.5 Å². The lowest BCUT2D eigenvalue weighted by Gasteiger charge is -2.14. The molecule has 1 atom stereocenters. The lowest BCUT2D eigenvalue weighted by atomic mass is 10.2. The van der Waals surface area contributed by atoms with Crippen molar-refractivity contribution in [1.29, 1.82) is 0 Å². The van der Waals surface area contributed by atoms with Crippen LogP contribution in [0.15, 0.2) is 6.33 Å². The number of aromatic nitrogens is 2. The molecule has 0 amide bonds. The largest absolute Gasteiger partial charge is 0.490 e. The van der Waals surface area contributed by atoms with Crippen LogP contribution in [0.25, 0.3) is 0 Å². The van der Waals surface area contributed by atoms with Crippen LogP contribution in [0.5, 0.6) is 5.75 Å². The fourth-order valence-corrected chi connectivity index (χ4v) is 1.18. The lowest BCUT2D eigenvalue weighted by Crippen LogP contribution is -2.15. The Morgan fingerprint density at radius 1 is 1.57 bits per heavy atom. The third-order valence-corrected chi connectivity index (χ3v) is 2.23. The summed E-state index contributed by atoms with van der Waals surface area (Å²) < 4.78 is 5.10. The van der Waals surface area contributed by atoms with Gasteiger partial charge in [-0.1, -0.05) is 18.5 Å². The van der Waals surface area contributed by atoms with Gasteiger partial charge in [0.2, 0.25) is 0 Å². The molecule has 1 N–H and O–H groups in total. The maximum atomic E-state index is 5.84. The second-order valence-corrected chi connectivity index (χ2v) is 3.36. The van der Waals surface area contributed by atoms with Crippen molar-refractivity contribution >= 4 is 17.4 Å². The summed E-state index contributed by atoms with van der Waals surface area (Å²) in [6.45, 7) is 4.16. The van der Waals surface area contributed by atoms with E-state index in [1.807, 2.05) is 0 Å². The SMILES string of the molecule is CCC(C)Nc1ncnc(Cl)c1OC. The molecule has 0 aromatic carbocycles. The molecule has 1 aromatic heterocycles. The Hall–Kier alpha value is -1.03. The highest BCUT2D eigenvalue weighted by Crippen LogP contribution is 2.28. The van der Waals surface area contributed by atoms with Crippen LogP contribution in [0.4, 0.5) is 5.82 Å². The normalized spacial score (nSPS) is 12.3. The average molecular weight is 216 g/mol. The van der Waals surface area contributed by atoms with Gasteiger partial charge in [0, 0.05) is 6.04 Å². The number of hydrogen-bond donors (Lipinski definition) is 1. The summed E-state index contributed by atoms with van der Waals surface area (Å²) in [5.74, 6) is 1.14. The number of nitrogens with one attached hydrogen (secondary N) is 1. The van der Waals surface area contributed by atoms with Gasteiger partial charge in [-0.2, -0.15) is 0 Å². The van der Waals surface area contributed by atoms with Crippen molar-refractivity contribution in [2.45, 2.75) is 26.3 Å². The van der Waals surface area contributed by atoms with Gasteiger partial charge in [-0.25, -0.2) is 9.97 Å². The summed E-state index contributed by atoms with van der Waals surface area (Å²) in [6, 6.07) is 0.329. The minimum Gasteiger partial charge on any atom is -0.490 e. The van der Waals surface area contributed by atoms with Gasteiger partial charge in [-0.05, 0) is 13.3 Å². The molecule has 14 heavy (non-hydrogen) atoms. The van der Waals surface area contributed by atoms with Crippen molar-refractivity contribution in [1.82, 2.24) is 9.97 Å². The molecule has 0 spiro atoms. The van der Waals surface area contributed by atoms with E-state index in [0.29, 0.717) is 22.8 Å². The number of nitrogens with zero attached hydrogens (tertiary/aromatic N) is 2. The molecule has 4 nitrogen and oxygen atoms in total. The highest BCUT2D eigenvalue weighted by molar-refractivity contribution is 6.31. The van der Waals surface area contributed by atoms with Gasteiger partial charge in [-0.3, -0.25) is 0 Å². The van der Waals surface area contributed by atoms with E-state index in [4.69, 9.17) is 16.3 Å². The van der Waals surface area contributed by atoms with E-state index in [0.717, 1.165) is 6.42 Å². The van der Waals surface area contributed by atoms with Gasteiger partial charge in [0.1, 0.15) is 6.33 Å². The first-order valence-electron chi connectivity index (χ1n) is 4.50. The van der Waals surface area contributed by atoms with E-state index in [-0.39, 0.29) is 0 Å². The Morgan fingerprint density at radius 3 is 2.86 bits per heavy atom. The Balaban J connectivity index is 2.90. The molecule has 1 aromatic rings. The average Bonchev–Trinajstić information content (AvgIpc) is 2.18. The van der Waals surface area contributed by atoms with Crippen LogP contribution in [0.3, 0.4) is 0 Å². The molecule has 0 fully saturated rings. The first-order chi connectivity index (χ1) is 6.69. The molecule has 5 heteroatoms. The molecule has 0 aliphatic carbocycles. The van der Waals surface area contributed by atoms with Gasteiger partial charge in [0.15, 0.2) is 16.7 Å². The van der Waals surface area contributed by atoms with Crippen LogP contribution in [0, 0.1) is 0 Å².